The second kappa shape index (κ2) is 9.46. The van der Waals surface area contributed by atoms with Gasteiger partial charge in [0.2, 0.25) is 5.91 Å². The molecule has 0 spiro atoms. The van der Waals surface area contributed by atoms with Gasteiger partial charge in [-0.05, 0) is 43.0 Å². The molecule has 8 heteroatoms. The minimum atomic E-state index is -1.09. The molecule has 3 unspecified atom stereocenters. The molecule has 1 fully saturated rings. The van der Waals surface area contributed by atoms with E-state index in [0.29, 0.717) is 0 Å². The summed E-state index contributed by atoms with van der Waals surface area (Å²) in [7, 11) is 0. The Morgan fingerprint density at radius 2 is 1.74 bits per heavy atom. The van der Waals surface area contributed by atoms with Gasteiger partial charge in [0.15, 0.2) is 0 Å². The fraction of sp³-hybridized carbons (Fsp3) is 0.423. The Bertz CT molecular complexity index is 1060. The van der Waals surface area contributed by atoms with Crippen molar-refractivity contribution < 1.29 is 29.0 Å². The second-order valence-electron chi connectivity index (χ2n) is 9.06. The molecule has 180 valence electrons. The topological polar surface area (TPSA) is 105 Å². The number of aliphatic carboxylic acids is 1. The Labute approximate surface area is 198 Å². The molecule has 2 aromatic carbocycles. The van der Waals surface area contributed by atoms with E-state index in [2.05, 4.69) is 17.4 Å². The van der Waals surface area contributed by atoms with Gasteiger partial charge in [0.25, 0.3) is 0 Å². The maximum absolute atomic E-state index is 13.3. The van der Waals surface area contributed by atoms with Crippen molar-refractivity contribution in [1.82, 2.24) is 10.2 Å². The first-order valence-electron chi connectivity index (χ1n) is 11.5. The number of rotatable bonds is 7. The number of nitrogens with zero attached hydrogens (tertiary/aromatic N) is 1. The number of fused-ring (bicyclic) bond motifs is 3. The Morgan fingerprint density at radius 1 is 1.15 bits per heavy atom. The zero-order valence-electron chi connectivity index (χ0n) is 19.6. The SMILES string of the molecule is CCN(C(=O)C1(C)COCC1NC(=O)OCC1c2ccccc2-c2ccccc21)C(C)C(=O)O. The molecule has 0 radical (unpaired) electrons. The van der Waals surface area contributed by atoms with Crippen LogP contribution >= 0.6 is 0 Å². The Hall–Kier alpha value is -3.39. The highest BCUT2D eigenvalue weighted by molar-refractivity contribution is 5.88. The van der Waals surface area contributed by atoms with Gasteiger partial charge in [-0.25, -0.2) is 9.59 Å². The number of carbonyl (C=O) groups excluding carboxylic acids is 2. The third kappa shape index (κ3) is 4.14. The minimum Gasteiger partial charge on any atom is -0.480 e. The predicted octanol–water partition coefficient (Wildman–Crippen LogP) is 3.25. The van der Waals surface area contributed by atoms with E-state index in [1.165, 1.54) is 11.8 Å². The van der Waals surface area contributed by atoms with Crippen molar-refractivity contribution in [1.29, 1.82) is 0 Å². The molecule has 4 rings (SSSR count). The Morgan fingerprint density at radius 3 is 2.29 bits per heavy atom. The lowest BCUT2D eigenvalue weighted by atomic mass is 9.83. The maximum atomic E-state index is 13.3. The van der Waals surface area contributed by atoms with E-state index >= 15 is 0 Å². The molecule has 1 saturated heterocycles. The standard InChI is InChI=1S/C26H30N2O6/c1-4-28(16(2)23(29)30)24(31)26(3)15-33-14-22(26)27-25(32)34-13-21-19-11-7-5-9-17(19)18-10-6-8-12-20(18)21/h5-12,16,21-22H,4,13-15H2,1-3H3,(H,27,32)(H,29,30). The normalized spacial score (nSPS) is 21.9. The van der Waals surface area contributed by atoms with Gasteiger partial charge < -0.3 is 24.8 Å². The molecule has 2 aromatic rings. The molecule has 2 aliphatic rings. The van der Waals surface area contributed by atoms with Crippen LogP contribution in [0.3, 0.4) is 0 Å². The first-order valence-corrected chi connectivity index (χ1v) is 11.5. The van der Waals surface area contributed by atoms with Crippen LogP contribution < -0.4 is 5.32 Å². The highest BCUT2D eigenvalue weighted by atomic mass is 16.5. The Balaban J connectivity index is 1.44. The summed E-state index contributed by atoms with van der Waals surface area (Å²) in [6.45, 7) is 5.51. The number of nitrogens with one attached hydrogen (secondary N) is 1. The van der Waals surface area contributed by atoms with Crippen LogP contribution in [0.4, 0.5) is 4.79 Å². The zero-order chi connectivity index (χ0) is 24.5. The first-order chi connectivity index (χ1) is 16.3. The lowest BCUT2D eigenvalue weighted by molar-refractivity contribution is -0.154. The number of likely N-dealkylation sites (N-methyl/N-ethyl adjacent to an activating group) is 1. The van der Waals surface area contributed by atoms with Crippen LogP contribution in [0, 0.1) is 5.41 Å². The quantitative estimate of drug-likeness (QED) is 0.649. The van der Waals surface area contributed by atoms with Gasteiger partial charge in [0, 0.05) is 12.5 Å². The first kappa shape index (κ1) is 23.8. The maximum Gasteiger partial charge on any atom is 0.407 e. The lowest BCUT2D eigenvalue weighted by Crippen LogP contribution is -2.57. The number of carbonyl (C=O) groups is 3. The van der Waals surface area contributed by atoms with E-state index in [1.54, 1.807) is 13.8 Å². The summed E-state index contributed by atoms with van der Waals surface area (Å²) >= 11 is 0. The van der Waals surface area contributed by atoms with E-state index in [9.17, 15) is 19.5 Å². The summed E-state index contributed by atoms with van der Waals surface area (Å²) in [5.41, 5.74) is 3.41. The van der Waals surface area contributed by atoms with Gasteiger partial charge in [-0.2, -0.15) is 0 Å². The van der Waals surface area contributed by atoms with Crippen molar-refractivity contribution in [2.24, 2.45) is 5.41 Å². The van der Waals surface area contributed by atoms with Gasteiger partial charge in [-0.1, -0.05) is 48.5 Å². The number of hydrogen-bond donors (Lipinski definition) is 2. The fourth-order valence-electron chi connectivity index (χ4n) is 4.92. The van der Waals surface area contributed by atoms with E-state index in [0.717, 1.165) is 22.3 Å². The van der Waals surface area contributed by atoms with E-state index in [-0.39, 0.29) is 38.2 Å². The van der Waals surface area contributed by atoms with Crippen LogP contribution in [0.1, 0.15) is 37.8 Å². The van der Waals surface area contributed by atoms with Crippen molar-refractivity contribution in [2.45, 2.75) is 38.8 Å². The molecule has 0 saturated carbocycles. The molecule has 2 amide bonds. The average molecular weight is 467 g/mol. The molecule has 2 N–H and O–H groups in total. The molecular weight excluding hydrogens is 436 g/mol. The summed E-state index contributed by atoms with van der Waals surface area (Å²) in [4.78, 5) is 38.8. The number of amides is 2. The molecule has 34 heavy (non-hydrogen) atoms. The highest BCUT2D eigenvalue weighted by Crippen LogP contribution is 2.44. The largest absolute Gasteiger partial charge is 0.480 e. The number of hydrogen-bond acceptors (Lipinski definition) is 5. The van der Waals surface area contributed by atoms with E-state index in [4.69, 9.17) is 9.47 Å². The smallest absolute Gasteiger partial charge is 0.407 e. The monoisotopic (exact) mass is 466 g/mol. The fourth-order valence-corrected chi connectivity index (χ4v) is 4.92. The number of carboxylic acid groups (broad SMARTS) is 1. The molecule has 8 nitrogen and oxygen atoms in total. The second-order valence-corrected chi connectivity index (χ2v) is 9.06. The Kier molecular flexibility index (Phi) is 6.61. The summed E-state index contributed by atoms with van der Waals surface area (Å²) in [6.07, 6.45) is -0.634. The van der Waals surface area contributed by atoms with Gasteiger partial charge in [0.1, 0.15) is 12.6 Å². The molecule has 0 aromatic heterocycles. The summed E-state index contributed by atoms with van der Waals surface area (Å²) in [6, 6.07) is 14.6. The van der Waals surface area contributed by atoms with Gasteiger partial charge >= 0.3 is 12.1 Å². The number of alkyl carbamates (subject to hydrolysis) is 1. The van der Waals surface area contributed by atoms with Crippen LogP contribution in [0.2, 0.25) is 0 Å². The summed E-state index contributed by atoms with van der Waals surface area (Å²) in [5.74, 6) is -1.52. The van der Waals surface area contributed by atoms with Crippen molar-refractivity contribution in [3.63, 3.8) is 0 Å². The number of benzene rings is 2. The van der Waals surface area contributed by atoms with Crippen molar-refractivity contribution in [2.75, 3.05) is 26.4 Å². The van der Waals surface area contributed by atoms with Crippen LogP contribution in [0.5, 0.6) is 0 Å². The minimum absolute atomic E-state index is 0.0713. The highest BCUT2D eigenvalue weighted by Gasteiger charge is 2.50. The zero-order valence-corrected chi connectivity index (χ0v) is 19.6. The molecule has 1 aliphatic carbocycles. The molecule has 0 bridgehead atoms. The lowest BCUT2D eigenvalue weighted by Gasteiger charge is -2.35. The van der Waals surface area contributed by atoms with Gasteiger partial charge in [-0.3, -0.25) is 4.79 Å². The van der Waals surface area contributed by atoms with Crippen molar-refractivity contribution in [3.8, 4) is 11.1 Å². The van der Waals surface area contributed by atoms with Gasteiger partial charge in [0.05, 0.1) is 24.7 Å². The molecule has 1 aliphatic heterocycles. The molecular formula is C26H30N2O6. The van der Waals surface area contributed by atoms with Crippen LogP contribution in [0.15, 0.2) is 48.5 Å². The third-order valence-corrected chi connectivity index (χ3v) is 7.01. The van der Waals surface area contributed by atoms with Gasteiger partial charge in [-0.15, -0.1) is 0 Å². The number of carboxylic acids is 1. The molecule has 1 heterocycles. The van der Waals surface area contributed by atoms with Crippen LogP contribution in [-0.4, -0.2) is 66.4 Å². The van der Waals surface area contributed by atoms with Crippen LogP contribution in [-0.2, 0) is 19.1 Å². The predicted molar refractivity (Wildman–Crippen MR) is 125 cm³/mol. The summed E-state index contributed by atoms with van der Waals surface area (Å²) in [5, 5.41) is 12.2. The third-order valence-electron chi connectivity index (χ3n) is 7.01. The van der Waals surface area contributed by atoms with Crippen LogP contribution in [0.25, 0.3) is 11.1 Å². The molecule has 3 atom stereocenters. The van der Waals surface area contributed by atoms with Crippen molar-refractivity contribution >= 4 is 18.0 Å². The average Bonchev–Trinajstić information content (AvgIpc) is 3.36. The summed E-state index contributed by atoms with van der Waals surface area (Å²) < 4.78 is 11.2. The van der Waals surface area contributed by atoms with Crippen molar-refractivity contribution in [3.05, 3.63) is 59.7 Å². The number of ether oxygens (including phenoxy) is 2. The van der Waals surface area contributed by atoms with E-state index < -0.39 is 29.6 Å². The van der Waals surface area contributed by atoms with E-state index in [1.807, 2.05) is 36.4 Å².